The summed E-state index contributed by atoms with van der Waals surface area (Å²) in [6.45, 7) is 2.79. The van der Waals surface area contributed by atoms with Gasteiger partial charge in [0.15, 0.2) is 5.78 Å². The molecule has 3 rings (SSSR count). The summed E-state index contributed by atoms with van der Waals surface area (Å²) in [7, 11) is 0. The van der Waals surface area contributed by atoms with Gasteiger partial charge in [-0.05, 0) is 18.4 Å². The highest BCUT2D eigenvalue weighted by atomic mass is 32.1. The van der Waals surface area contributed by atoms with Gasteiger partial charge >= 0.3 is 0 Å². The van der Waals surface area contributed by atoms with Crippen molar-refractivity contribution in [3.63, 3.8) is 0 Å². The number of fused-ring (bicyclic) bond motifs is 1. The Labute approximate surface area is 147 Å². The molecule has 0 fully saturated rings. The van der Waals surface area contributed by atoms with Gasteiger partial charge in [0.25, 0.3) is 0 Å². The smallest absolute Gasteiger partial charge is 0.169 e. The Morgan fingerprint density at radius 2 is 1.58 bits per heavy atom. The van der Waals surface area contributed by atoms with Crippen molar-refractivity contribution in [2.45, 2.75) is 13.3 Å². The zero-order valence-electron chi connectivity index (χ0n) is 13.6. The van der Waals surface area contributed by atoms with Crippen molar-refractivity contribution < 1.29 is 4.79 Å². The zero-order chi connectivity index (χ0) is 16.9. The van der Waals surface area contributed by atoms with Crippen LogP contribution in [0.1, 0.15) is 23.7 Å². The Morgan fingerprint density at radius 3 is 2.33 bits per heavy atom. The second-order valence-corrected chi connectivity index (χ2v) is 6.07. The predicted molar refractivity (Wildman–Crippen MR) is 105 cm³/mol. The van der Waals surface area contributed by atoms with Crippen molar-refractivity contribution in [1.82, 2.24) is 0 Å². The molecule has 24 heavy (non-hydrogen) atoms. The Bertz CT molecular complexity index is 868. The molecule has 0 saturated heterocycles. The van der Waals surface area contributed by atoms with Crippen molar-refractivity contribution in [2.75, 3.05) is 11.4 Å². The maximum absolute atomic E-state index is 12.5. The van der Waals surface area contributed by atoms with Crippen LogP contribution in [0, 0.1) is 0 Å². The third kappa shape index (κ3) is 3.36. The largest absolute Gasteiger partial charge is 0.335 e. The lowest BCUT2D eigenvalue weighted by molar-refractivity contribution is 0.100. The van der Waals surface area contributed by atoms with E-state index in [4.69, 9.17) is 12.2 Å². The number of rotatable bonds is 5. The fourth-order valence-corrected chi connectivity index (χ4v) is 3.24. The van der Waals surface area contributed by atoms with Crippen LogP contribution in [0.4, 0.5) is 5.69 Å². The van der Waals surface area contributed by atoms with Crippen molar-refractivity contribution in [1.29, 1.82) is 0 Å². The molecule has 0 N–H and O–H groups in total. The summed E-state index contributed by atoms with van der Waals surface area (Å²) in [5.41, 5.74) is 1.76. The molecule has 0 heterocycles. The highest BCUT2D eigenvalue weighted by Crippen LogP contribution is 2.27. The van der Waals surface area contributed by atoms with Crippen LogP contribution in [0.25, 0.3) is 10.8 Å². The van der Waals surface area contributed by atoms with Crippen molar-refractivity contribution >= 4 is 39.4 Å². The number of Topliss-reactive ketones (excluding diaryl/α,β-unsaturated/α-hetero) is 1. The minimum Gasteiger partial charge on any atom is -0.335 e. The summed E-state index contributed by atoms with van der Waals surface area (Å²) < 4.78 is 0. The molecule has 0 saturated carbocycles. The third-order valence-corrected chi connectivity index (χ3v) is 4.45. The number of hydrogen-bond acceptors (Lipinski definition) is 2. The minimum atomic E-state index is 0.0549. The van der Waals surface area contributed by atoms with E-state index in [-0.39, 0.29) is 12.2 Å². The zero-order valence-corrected chi connectivity index (χ0v) is 14.4. The number of hydrogen-bond donors (Lipinski definition) is 0. The molecule has 0 aromatic heterocycles. The van der Waals surface area contributed by atoms with Gasteiger partial charge in [-0.2, -0.15) is 0 Å². The molecule has 0 bridgehead atoms. The van der Waals surface area contributed by atoms with E-state index in [0.29, 0.717) is 10.6 Å². The van der Waals surface area contributed by atoms with Crippen LogP contribution in [-0.2, 0) is 0 Å². The van der Waals surface area contributed by atoms with Gasteiger partial charge in [-0.25, -0.2) is 0 Å². The first kappa shape index (κ1) is 16.3. The Hall–Kier alpha value is -2.52. The van der Waals surface area contributed by atoms with E-state index in [1.807, 2.05) is 48.5 Å². The Kier molecular flexibility index (Phi) is 5.02. The Balaban J connectivity index is 1.88. The van der Waals surface area contributed by atoms with Crippen molar-refractivity contribution in [3.8, 4) is 0 Å². The van der Waals surface area contributed by atoms with Gasteiger partial charge in [0.2, 0.25) is 0 Å². The van der Waals surface area contributed by atoms with Crippen LogP contribution in [0.2, 0.25) is 0 Å². The SMILES string of the molecule is CCN(C(=S)CC(=O)c1ccccc1)c1cccc2ccccc12. The molecule has 0 atom stereocenters. The number of thiocarbonyl (C=S) groups is 1. The van der Waals surface area contributed by atoms with E-state index >= 15 is 0 Å². The predicted octanol–water partition coefficient (Wildman–Crippen LogP) is 5.27. The summed E-state index contributed by atoms with van der Waals surface area (Å²) in [6, 6.07) is 23.7. The maximum atomic E-state index is 12.5. The second-order valence-electron chi connectivity index (χ2n) is 5.60. The first-order valence-corrected chi connectivity index (χ1v) is 8.48. The second kappa shape index (κ2) is 7.37. The van der Waals surface area contributed by atoms with Gasteiger partial charge in [-0.1, -0.05) is 78.9 Å². The normalized spacial score (nSPS) is 10.5. The molecule has 2 nitrogen and oxygen atoms in total. The molecule has 3 aromatic carbocycles. The fourth-order valence-electron chi connectivity index (χ4n) is 2.88. The van der Waals surface area contributed by atoms with Crippen molar-refractivity contribution in [3.05, 3.63) is 78.4 Å². The summed E-state index contributed by atoms with van der Waals surface area (Å²) in [6.07, 6.45) is 0.246. The number of carbonyl (C=O) groups is 1. The van der Waals surface area contributed by atoms with E-state index in [9.17, 15) is 4.79 Å². The molecular weight excluding hydrogens is 314 g/mol. The first-order valence-electron chi connectivity index (χ1n) is 8.07. The molecule has 0 spiro atoms. The van der Waals surface area contributed by atoms with Gasteiger partial charge in [0, 0.05) is 23.2 Å². The number of carbonyl (C=O) groups excluding carboxylic acids is 1. The number of anilines is 1. The average molecular weight is 333 g/mol. The molecular formula is C21H19NOS. The number of benzene rings is 3. The van der Waals surface area contributed by atoms with E-state index in [1.165, 1.54) is 5.39 Å². The molecule has 3 heteroatoms. The molecule has 0 radical (unpaired) electrons. The average Bonchev–Trinajstić information content (AvgIpc) is 2.63. The monoisotopic (exact) mass is 333 g/mol. The van der Waals surface area contributed by atoms with Crippen LogP contribution in [0.15, 0.2) is 72.8 Å². The minimum absolute atomic E-state index is 0.0549. The topological polar surface area (TPSA) is 20.3 Å². The summed E-state index contributed by atoms with van der Waals surface area (Å²) in [5.74, 6) is 0.0549. The molecule has 0 unspecified atom stereocenters. The van der Waals surface area contributed by atoms with Crippen LogP contribution >= 0.6 is 12.2 Å². The fraction of sp³-hybridized carbons (Fsp3) is 0.143. The van der Waals surface area contributed by atoms with E-state index in [2.05, 4.69) is 36.1 Å². The number of ketones is 1. The van der Waals surface area contributed by atoms with Gasteiger partial charge in [-0.3, -0.25) is 4.79 Å². The molecule has 0 aliphatic heterocycles. The Morgan fingerprint density at radius 1 is 0.917 bits per heavy atom. The van der Waals surface area contributed by atoms with Gasteiger partial charge in [0.05, 0.1) is 11.4 Å². The lowest BCUT2D eigenvalue weighted by Gasteiger charge is -2.25. The first-order chi connectivity index (χ1) is 11.7. The molecule has 0 aliphatic carbocycles. The van der Waals surface area contributed by atoms with Gasteiger partial charge in [-0.15, -0.1) is 0 Å². The lowest BCUT2D eigenvalue weighted by Crippen LogP contribution is -2.31. The van der Waals surface area contributed by atoms with Crippen LogP contribution in [-0.4, -0.2) is 17.3 Å². The van der Waals surface area contributed by atoms with E-state index < -0.39 is 0 Å². The maximum Gasteiger partial charge on any atom is 0.169 e. The summed E-state index contributed by atoms with van der Waals surface area (Å²) >= 11 is 5.60. The summed E-state index contributed by atoms with van der Waals surface area (Å²) in [5, 5.41) is 2.32. The third-order valence-electron chi connectivity index (χ3n) is 4.08. The molecule has 0 aliphatic rings. The lowest BCUT2D eigenvalue weighted by atomic mass is 10.1. The highest BCUT2D eigenvalue weighted by molar-refractivity contribution is 7.80. The molecule has 0 amide bonds. The standard InChI is InChI=1S/C21H19NOS/c1-2-22(19-14-8-12-16-9-6-7-13-18(16)19)21(24)15-20(23)17-10-4-3-5-11-17/h3-14H,2,15H2,1H3. The highest BCUT2D eigenvalue weighted by Gasteiger charge is 2.16. The van der Waals surface area contributed by atoms with Crippen LogP contribution in [0.3, 0.4) is 0 Å². The van der Waals surface area contributed by atoms with E-state index in [0.717, 1.165) is 17.6 Å². The van der Waals surface area contributed by atoms with Crippen LogP contribution in [0.5, 0.6) is 0 Å². The van der Waals surface area contributed by atoms with Gasteiger partial charge in [0.1, 0.15) is 0 Å². The quantitative estimate of drug-likeness (QED) is 0.469. The van der Waals surface area contributed by atoms with Gasteiger partial charge < -0.3 is 4.90 Å². The van der Waals surface area contributed by atoms with Crippen molar-refractivity contribution in [2.24, 2.45) is 0 Å². The molecule has 120 valence electrons. The van der Waals surface area contributed by atoms with Crippen LogP contribution < -0.4 is 4.90 Å². The van der Waals surface area contributed by atoms with E-state index in [1.54, 1.807) is 0 Å². The number of nitrogens with zero attached hydrogens (tertiary/aromatic N) is 1. The summed E-state index contributed by atoms with van der Waals surface area (Å²) in [4.78, 5) is 15.2. The molecule has 3 aromatic rings.